The Hall–Kier alpha value is -3.95. The van der Waals surface area contributed by atoms with E-state index in [2.05, 4.69) is 128 Å². The van der Waals surface area contributed by atoms with Gasteiger partial charge < -0.3 is 9.67 Å². The van der Waals surface area contributed by atoms with Crippen molar-refractivity contribution >= 4 is 0 Å². The van der Waals surface area contributed by atoms with Crippen molar-refractivity contribution in [1.82, 2.24) is 9.55 Å². The average Bonchev–Trinajstić information content (AvgIpc) is 3.43. The van der Waals surface area contributed by atoms with Crippen LogP contribution in [-0.4, -0.2) is 14.7 Å². The van der Waals surface area contributed by atoms with Gasteiger partial charge >= 0.3 is 0 Å². The largest absolute Gasteiger partial charge is 0.379 e. The second-order valence-corrected chi connectivity index (χ2v) is 10.3. The quantitative estimate of drug-likeness (QED) is 0.275. The topological polar surface area (TPSA) is 38.0 Å². The highest BCUT2D eigenvalue weighted by Gasteiger charge is 2.42. The Morgan fingerprint density at radius 3 is 1.86 bits per heavy atom. The van der Waals surface area contributed by atoms with E-state index in [1.165, 1.54) is 16.7 Å². The molecule has 1 heterocycles. The van der Waals surface area contributed by atoms with Gasteiger partial charge in [-0.25, -0.2) is 4.98 Å². The summed E-state index contributed by atoms with van der Waals surface area (Å²) in [4.78, 5) is 4.93. The zero-order chi connectivity index (χ0) is 25.5. The van der Waals surface area contributed by atoms with Crippen LogP contribution in [0, 0.1) is 13.8 Å². The molecule has 3 nitrogen and oxygen atoms in total. The first kappa shape index (κ1) is 23.4. The molecule has 37 heavy (non-hydrogen) atoms. The van der Waals surface area contributed by atoms with Gasteiger partial charge in [-0.1, -0.05) is 109 Å². The molecular formula is C34H32N2O. The van der Waals surface area contributed by atoms with Crippen molar-refractivity contribution in [3.8, 4) is 0 Å². The van der Waals surface area contributed by atoms with Crippen molar-refractivity contribution in [2.45, 2.75) is 44.2 Å². The monoisotopic (exact) mass is 484 g/mol. The standard InChI is InChI=1S/C34H32N2O/c1-25-21-26(2)30-19-12-20-33(37,31(30)22-25)32-23-36(24-35-32)34(27-13-6-3-7-14-27,28-15-8-4-9-16-28)29-17-10-5-11-18-29/h3-11,13-18,21-24,37H,12,19-20H2,1-2H3. The Labute approximate surface area is 219 Å². The predicted octanol–water partition coefficient (Wildman–Crippen LogP) is 6.91. The van der Waals surface area contributed by atoms with Crippen LogP contribution in [0.1, 0.15) is 57.5 Å². The van der Waals surface area contributed by atoms with E-state index in [-0.39, 0.29) is 0 Å². The van der Waals surface area contributed by atoms with Crippen LogP contribution in [0.3, 0.4) is 0 Å². The number of benzene rings is 4. The molecule has 0 saturated heterocycles. The Bertz CT molecular complexity index is 1430. The minimum absolute atomic E-state index is 0.647. The third-order valence-corrected chi connectivity index (χ3v) is 8.00. The van der Waals surface area contributed by atoms with Gasteiger partial charge in [0.25, 0.3) is 0 Å². The molecule has 1 N–H and O–H groups in total. The molecule has 0 fully saturated rings. The summed E-state index contributed by atoms with van der Waals surface area (Å²) in [6, 6.07) is 36.1. The number of aliphatic hydroxyl groups is 1. The first-order valence-electron chi connectivity index (χ1n) is 13.1. The van der Waals surface area contributed by atoms with Crippen molar-refractivity contribution in [2.24, 2.45) is 0 Å². The summed E-state index contributed by atoms with van der Waals surface area (Å²) >= 11 is 0. The van der Waals surface area contributed by atoms with Gasteiger partial charge in [-0.05, 0) is 66.5 Å². The minimum Gasteiger partial charge on any atom is -0.379 e. The Balaban J connectivity index is 1.61. The van der Waals surface area contributed by atoms with E-state index in [1.807, 2.05) is 6.33 Å². The number of hydrogen-bond donors (Lipinski definition) is 1. The molecule has 0 bridgehead atoms. The fourth-order valence-corrected chi connectivity index (χ4v) is 6.33. The normalized spacial score (nSPS) is 17.4. The number of fused-ring (bicyclic) bond motifs is 1. The number of aromatic nitrogens is 2. The number of aryl methyl sites for hydroxylation is 2. The molecule has 4 aromatic carbocycles. The lowest BCUT2D eigenvalue weighted by atomic mass is 9.75. The Morgan fingerprint density at radius 1 is 0.784 bits per heavy atom. The van der Waals surface area contributed by atoms with Crippen molar-refractivity contribution in [1.29, 1.82) is 0 Å². The van der Waals surface area contributed by atoms with E-state index < -0.39 is 11.1 Å². The fourth-order valence-electron chi connectivity index (χ4n) is 6.33. The van der Waals surface area contributed by atoms with E-state index in [9.17, 15) is 5.11 Å². The van der Waals surface area contributed by atoms with Crippen molar-refractivity contribution in [2.75, 3.05) is 0 Å². The number of imidazole rings is 1. The van der Waals surface area contributed by atoms with Gasteiger partial charge in [0.05, 0.1) is 12.0 Å². The lowest BCUT2D eigenvalue weighted by Gasteiger charge is -2.38. The summed E-state index contributed by atoms with van der Waals surface area (Å²) in [5, 5.41) is 12.3. The maximum Gasteiger partial charge on any atom is 0.133 e. The van der Waals surface area contributed by atoms with Gasteiger partial charge in [0.2, 0.25) is 0 Å². The SMILES string of the molecule is Cc1cc(C)c2c(c1)C(O)(c1cn(C(c3ccccc3)(c3ccccc3)c3ccccc3)cn1)CCC2. The summed E-state index contributed by atoms with van der Waals surface area (Å²) < 4.78 is 2.19. The van der Waals surface area contributed by atoms with Crippen molar-refractivity contribution in [3.63, 3.8) is 0 Å². The Morgan fingerprint density at radius 2 is 1.32 bits per heavy atom. The van der Waals surface area contributed by atoms with Gasteiger partial charge in [0.1, 0.15) is 11.1 Å². The van der Waals surface area contributed by atoms with Crippen molar-refractivity contribution in [3.05, 3.63) is 160 Å². The van der Waals surface area contributed by atoms with Crippen LogP contribution in [0.15, 0.2) is 116 Å². The molecule has 0 radical (unpaired) electrons. The van der Waals surface area contributed by atoms with Crippen LogP contribution < -0.4 is 0 Å². The molecule has 184 valence electrons. The first-order chi connectivity index (χ1) is 18.0. The van der Waals surface area contributed by atoms with Crippen LogP contribution in [-0.2, 0) is 17.6 Å². The van der Waals surface area contributed by atoms with E-state index in [0.29, 0.717) is 12.1 Å². The highest BCUT2D eigenvalue weighted by molar-refractivity contribution is 5.52. The highest BCUT2D eigenvalue weighted by Crippen LogP contribution is 2.44. The molecule has 0 saturated carbocycles. The number of nitrogens with zero attached hydrogens (tertiary/aromatic N) is 2. The minimum atomic E-state index is -1.12. The van der Waals surface area contributed by atoms with Crippen LogP contribution in [0.25, 0.3) is 0 Å². The third-order valence-electron chi connectivity index (χ3n) is 8.00. The molecule has 1 aliphatic rings. The molecule has 5 aromatic rings. The summed E-state index contributed by atoms with van der Waals surface area (Å²) in [6.45, 7) is 4.26. The smallest absolute Gasteiger partial charge is 0.133 e. The van der Waals surface area contributed by atoms with Gasteiger partial charge in [-0.2, -0.15) is 0 Å². The van der Waals surface area contributed by atoms with E-state index in [0.717, 1.165) is 35.1 Å². The average molecular weight is 485 g/mol. The van der Waals surface area contributed by atoms with E-state index in [4.69, 9.17) is 4.98 Å². The van der Waals surface area contributed by atoms with Crippen LogP contribution >= 0.6 is 0 Å². The van der Waals surface area contributed by atoms with Gasteiger partial charge in [0.15, 0.2) is 0 Å². The van der Waals surface area contributed by atoms with Gasteiger partial charge in [-0.15, -0.1) is 0 Å². The molecule has 1 unspecified atom stereocenters. The van der Waals surface area contributed by atoms with Gasteiger partial charge in [-0.3, -0.25) is 0 Å². The molecule has 0 aliphatic heterocycles. The predicted molar refractivity (Wildman–Crippen MR) is 149 cm³/mol. The molecule has 0 amide bonds. The maximum atomic E-state index is 12.3. The summed E-state index contributed by atoms with van der Waals surface area (Å²) in [7, 11) is 0. The molecular weight excluding hydrogens is 452 g/mol. The van der Waals surface area contributed by atoms with Gasteiger partial charge in [0, 0.05) is 6.20 Å². The van der Waals surface area contributed by atoms with Crippen LogP contribution in [0.2, 0.25) is 0 Å². The van der Waals surface area contributed by atoms with Crippen LogP contribution in [0.5, 0.6) is 0 Å². The zero-order valence-electron chi connectivity index (χ0n) is 21.4. The van der Waals surface area contributed by atoms with E-state index >= 15 is 0 Å². The summed E-state index contributed by atoms with van der Waals surface area (Å²) in [5.41, 5.74) is 7.03. The fraction of sp³-hybridized carbons (Fsp3) is 0.206. The number of rotatable bonds is 5. The Kier molecular flexibility index (Phi) is 5.81. The molecule has 1 atom stereocenters. The van der Waals surface area contributed by atoms with Crippen molar-refractivity contribution < 1.29 is 5.11 Å². The molecule has 1 aromatic heterocycles. The molecule has 0 spiro atoms. The van der Waals surface area contributed by atoms with Crippen LogP contribution in [0.4, 0.5) is 0 Å². The lowest BCUT2D eigenvalue weighted by Crippen LogP contribution is -2.37. The second kappa shape index (κ2) is 9.17. The molecule has 3 heteroatoms. The summed E-state index contributed by atoms with van der Waals surface area (Å²) in [6.07, 6.45) is 6.56. The molecule has 6 rings (SSSR count). The van der Waals surface area contributed by atoms with E-state index in [1.54, 1.807) is 0 Å². The zero-order valence-corrected chi connectivity index (χ0v) is 21.4. The third kappa shape index (κ3) is 3.73. The molecule has 1 aliphatic carbocycles. The number of hydrogen-bond acceptors (Lipinski definition) is 2. The second-order valence-electron chi connectivity index (χ2n) is 10.3. The summed E-state index contributed by atoms with van der Waals surface area (Å²) in [5.74, 6) is 0. The first-order valence-corrected chi connectivity index (χ1v) is 13.1. The maximum absolute atomic E-state index is 12.3. The highest BCUT2D eigenvalue weighted by atomic mass is 16.3. The lowest BCUT2D eigenvalue weighted by molar-refractivity contribution is 0.0572.